The van der Waals surface area contributed by atoms with E-state index in [2.05, 4.69) is 9.88 Å². The Labute approximate surface area is 127 Å². The molecule has 4 atom stereocenters. The maximum Gasteiger partial charge on any atom is 0.351 e. The summed E-state index contributed by atoms with van der Waals surface area (Å²) in [5.41, 5.74) is -0.544. The Morgan fingerprint density at radius 2 is 1.95 bits per heavy atom. The van der Waals surface area contributed by atoms with E-state index in [0.717, 1.165) is 30.5 Å². The number of ether oxygens (including phenoxy) is 1. The Morgan fingerprint density at radius 1 is 1.23 bits per heavy atom. The molecule has 2 saturated heterocycles. The van der Waals surface area contributed by atoms with Gasteiger partial charge in [-0.2, -0.15) is 4.98 Å². The van der Waals surface area contributed by atoms with E-state index in [-0.39, 0.29) is 0 Å². The van der Waals surface area contributed by atoms with E-state index in [1.807, 2.05) is 0 Å². The normalized spacial score (nSPS) is 32.4. The molecule has 8 heteroatoms. The van der Waals surface area contributed by atoms with Gasteiger partial charge in [-0.3, -0.25) is 4.57 Å². The summed E-state index contributed by atoms with van der Waals surface area (Å²) in [6, 6.07) is 1.71. The van der Waals surface area contributed by atoms with Crippen molar-refractivity contribution in [3.05, 3.63) is 22.7 Å². The SMILES string of the molecule is O=c1nc(N2CCCCC2)ccn1[C@@H]1O[C@@H](CO)[C@@H](O)[C@H]1O. The van der Waals surface area contributed by atoms with E-state index in [0.29, 0.717) is 5.82 Å². The van der Waals surface area contributed by atoms with Gasteiger partial charge in [0.2, 0.25) is 0 Å². The summed E-state index contributed by atoms with van der Waals surface area (Å²) in [5.74, 6) is 0.618. The smallest absolute Gasteiger partial charge is 0.351 e. The lowest BCUT2D eigenvalue weighted by atomic mass is 10.1. The molecule has 3 rings (SSSR count). The summed E-state index contributed by atoms with van der Waals surface area (Å²) in [6.45, 7) is 1.33. The minimum atomic E-state index is -1.28. The molecule has 0 spiro atoms. The molecule has 0 saturated carbocycles. The third kappa shape index (κ3) is 2.74. The van der Waals surface area contributed by atoms with Gasteiger partial charge in [0, 0.05) is 19.3 Å². The average Bonchev–Trinajstić information content (AvgIpc) is 2.83. The van der Waals surface area contributed by atoms with Crippen LogP contribution >= 0.6 is 0 Å². The molecular formula is C14H21N3O5. The number of aromatic nitrogens is 2. The van der Waals surface area contributed by atoms with E-state index >= 15 is 0 Å². The number of aliphatic hydroxyl groups is 3. The lowest BCUT2D eigenvalue weighted by Gasteiger charge is -2.28. The van der Waals surface area contributed by atoms with Gasteiger partial charge in [-0.25, -0.2) is 4.79 Å². The predicted octanol–water partition coefficient (Wildman–Crippen LogP) is -1.15. The Hall–Kier alpha value is -1.48. The molecule has 0 bridgehead atoms. The zero-order chi connectivity index (χ0) is 15.7. The second-order valence-corrected chi connectivity index (χ2v) is 5.75. The molecule has 3 N–H and O–H groups in total. The highest BCUT2D eigenvalue weighted by Crippen LogP contribution is 2.28. The van der Waals surface area contributed by atoms with Gasteiger partial charge >= 0.3 is 5.69 Å². The predicted molar refractivity (Wildman–Crippen MR) is 77.6 cm³/mol. The van der Waals surface area contributed by atoms with Crippen LogP contribution in [0, 0.1) is 0 Å². The van der Waals surface area contributed by atoms with Gasteiger partial charge in [0.1, 0.15) is 24.1 Å². The summed E-state index contributed by atoms with van der Waals surface area (Å²) in [4.78, 5) is 18.3. The fraction of sp³-hybridized carbons (Fsp3) is 0.714. The maximum atomic E-state index is 12.2. The van der Waals surface area contributed by atoms with Crippen LogP contribution in [0.4, 0.5) is 5.82 Å². The highest BCUT2D eigenvalue weighted by Gasteiger charge is 2.43. The quantitative estimate of drug-likeness (QED) is 0.646. The molecule has 3 heterocycles. The molecule has 1 aromatic rings. The highest BCUT2D eigenvalue weighted by atomic mass is 16.6. The molecule has 2 aliphatic rings. The standard InChI is InChI=1S/C14H21N3O5/c18-8-9-11(19)12(20)13(22-9)17-7-4-10(15-14(17)21)16-5-2-1-3-6-16/h4,7,9,11-13,18-20H,1-3,5-6,8H2/t9-,11+,12+,13+/m0/s1. The van der Waals surface area contributed by atoms with Crippen molar-refractivity contribution in [1.82, 2.24) is 9.55 Å². The van der Waals surface area contributed by atoms with Crippen LogP contribution < -0.4 is 10.6 Å². The first kappa shape index (κ1) is 15.4. The molecule has 22 heavy (non-hydrogen) atoms. The molecule has 0 aromatic carbocycles. The molecule has 0 amide bonds. The van der Waals surface area contributed by atoms with Crippen LogP contribution in [0.2, 0.25) is 0 Å². The largest absolute Gasteiger partial charge is 0.394 e. The van der Waals surface area contributed by atoms with Crippen molar-refractivity contribution in [1.29, 1.82) is 0 Å². The zero-order valence-corrected chi connectivity index (χ0v) is 12.2. The number of hydrogen-bond acceptors (Lipinski definition) is 7. The molecular weight excluding hydrogens is 290 g/mol. The molecule has 1 aromatic heterocycles. The number of piperidine rings is 1. The van der Waals surface area contributed by atoms with Crippen LogP contribution in [0.5, 0.6) is 0 Å². The summed E-state index contributed by atoms with van der Waals surface area (Å²) < 4.78 is 6.50. The first-order valence-electron chi connectivity index (χ1n) is 7.58. The summed E-state index contributed by atoms with van der Waals surface area (Å²) in [6.07, 6.45) is 0.409. The Balaban J connectivity index is 1.82. The first-order valence-corrected chi connectivity index (χ1v) is 7.58. The molecule has 0 radical (unpaired) electrons. The van der Waals surface area contributed by atoms with Gasteiger partial charge in [-0.15, -0.1) is 0 Å². The van der Waals surface area contributed by atoms with Crippen molar-refractivity contribution in [3.8, 4) is 0 Å². The van der Waals surface area contributed by atoms with Gasteiger partial charge < -0.3 is 25.0 Å². The van der Waals surface area contributed by atoms with Crippen molar-refractivity contribution in [3.63, 3.8) is 0 Å². The summed E-state index contributed by atoms with van der Waals surface area (Å²) in [7, 11) is 0. The topological polar surface area (TPSA) is 108 Å². The molecule has 0 aliphatic carbocycles. The van der Waals surface area contributed by atoms with Gasteiger partial charge in [0.05, 0.1) is 6.61 Å². The van der Waals surface area contributed by atoms with E-state index < -0.39 is 36.8 Å². The van der Waals surface area contributed by atoms with Gasteiger partial charge in [-0.1, -0.05) is 0 Å². The second-order valence-electron chi connectivity index (χ2n) is 5.75. The summed E-state index contributed by atoms with van der Waals surface area (Å²) in [5, 5.41) is 28.8. The average molecular weight is 311 g/mol. The Morgan fingerprint density at radius 3 is 2.55 bits per heavy atom. The molecule has 8 nitrogen and oxygen atoms in total. The maximum absolute atomic E-state index is 12.2. The molecule has 2 fully saturated rings. The van der Waals surface area contributed by atoms with Crippen molar-refractivity contribution in [2.45, 2.75) is 43.8 Å². The van der Waals surface area contributed by atoms with Crippen molar-refractivity contribution in [2.24, 2.45) is 0 Å². The van der Waals surface area contributed by atoms with Gasteiger partial charge in [0.25, 0.3) is 0 Å². The van der Waals surface area contributed by atoms with Crippen molar-refractivity contribution < 1.29 is 20.1 Å². The van der Waals surface area contributed by atoms with Gasteiger partial charge in [0.15, 0.2) is 6.23 Å². The monoisotopic (exact) mass is 311 g/mol. The molecule has 122 valence electrons. The van der Waals surface area contributed by atoms with E-state index in [4.69, 9.17) is 9.84 Å². The summed E-state index contributed by atoms with van der Waals surface area (Å²) >= 11 is 0. The van der Waals surface area contributed by atoms with Crippen LogP contribution in [-0.4, -0.2) is 62.9 Å². The zero-order valence-electron chi connectivity index (χ0n) is 12.2. The fourth-order valence-electron chi connectivity index (χ4n) is 3.01. The fourth-order valence-corrected chi connectivity index (χ4v) is 3.01. The Kier molecular flexibility index (Phi) is 4.44. The van der Waals surface area contributed by atoms with Gasteiger partial charge in [-0.05, 0) is 25.3 Å². The number of aliphatic hydroxyl groups excluding tert-OH is 3. The number of rotatable bonds is 3. The molecule has 0 unspecified atom stereocenters. The third-order valence-electron chi connectivity index (χ3n) is 4.29. The highest BCUT2D eigenvalue weighted by molar-refractivity contribution is 5.36. The van der Waals surface area contributed by atoms with Crippen LogP contribution in [0.3, 0.4) is 0 Å². The van der Waals surface area contributed by atoms with Crippen LogP contribution in [-0.2, 0) is 4.74 Å². The number of anilines is 1. The van der Waals surface area contributed by atoms with Crippen LogP contribution in [0.1, 0.15) is 25.5 Å². The van der Waals surface area contributed by atoms with Crippen LogP contribution in [0.15, 0.2) is 17.1 Å². The van der Waals surface area contributed by atoms with E-state index in [9.17, 15) is 15.0 Å². The number of hydrogen-bond donors (Lipinski definition) is 3. The minimum absolute atomic E-state index is 0.428. The second kappa shape index (κ2) is 6.33. The van der Waals surface area contributed by atoms with Crippen LogP contribution in [0.25, 0.3) is 0 Å². The lowest BCUT2D eigenvalue weighted by Crippen LogP contribution is -2.37. The third-order valence-corrected chi connectivity index (χ3v) is 4.29. The minimum Gasteiger partial charge on any atom is -0.394 e. The molecule has 2 aliphatic heterocycles. The lowest BCUT2D eigenvalue weighted by molar-refractivity contribution is -0.0549. The van der Waals surface area contributed by atoms with E-state index in [1.54, 1.807) is 6.07 Å². The van der Waals surface area contributed by atoms with Crippen molar-refractivity contribution >= 4 is 5.82 Å². The Bertz CT molecular complexity index is 572. The van der Waals surface area contributed by atoms with E-state index in [1.165, 1.54) is 12.6 Å². The number of nitrogens with zero attached hydrogens (tertiary/aromatic N) is 3. The first-order chi connectivity index (χ1) is 10.6. The van der Waals surface area contributed by atoms with Crippen molar-refractivity contribution in [2.75, 3.05) is 24.6 Å².